The van der Waals surface area contributed by atoms with Crippen molar-refractivity contribution in [1.82, 2.24) is 15.5 Å². The summed E-state index contributed by atoms with van der Waals surface area (Å²) in [6, 6.07) is 1.70. The molecule has 2 rings (SSSR count). The van der Waals surface area contributed by atoms with Gasteiger partial charge >= 0.3 is 0 Å². The lowest BCUT2D eigenvalue weighted by atomic mass is 9.94. The number of hydrogen-bond acceptors (Lipinski definition) is 5. The number of amides is 1. The summed E-state index contributed by atoms with van der Waals surface area (Å²) < 4.78 is 5.20. The molecule has 6 heteroatoms. The van der Waals surface area contributed by atoms with Gasteiger partial charge in [0.05, 0.1) is 22.6 Å². The molecular weight excluding hydrogens is 246 g/mol. The summed E-state index contributed by atoms with van der Waals surface area (Å²) in [7, 11) is 0. The lowest BCUT2D eigenvalue weighted by Gasteiger charge is -2.32. The first-order chi connectivity index (χ1) is 9.00. The third-order valence-electron chi connectivity index (χ3n) is 3.35. The van der Waals surface area contributed by atoms with Crippen LogP contribution in [0.3, 0.4) is 0 Å². The highest BCUT2D eigenvalue weighted by Crippen LogP contribution is 2.19. The summed E-state index contributed by atoms with van der Waals surface area (Å²) in [5.41, 5.74) is 0.919. The summed E-state index contributed by atoms with van der Waals surface area (Å²) in [4.78, 5) is 12.1. The Bertz CT molecular complexity index is 470. The number of rotatable bonds is 3. The van der Waals surface area contributed by atoms with Crippen LogP contribution in [-0.2, 0) is 4.74 Å². The summed E-state index contributed by atoms with van der Waals surface area (Å²) >= 11 is 0. The zero-order chi connectivity index (χ0) is 13.9. The van der Waals surface area contributed by atoms with Crippen LogP contribution in [0.15, 0.2) is 6.07 Å². The van der Waals surface area contributed by atoms with E-state index in [1.54, 1.807) is 19.9 Å². The van der Waals surface area contributed by atoms with E-state index >= 15 is 0 Å². The van der Waals surface area contributed by atoms with Gasteiger partial charge in [-0.15, -0.1) is 0 Å². The normalized spacial score (nSPS) is 18.1. The molecule has 1 aliphatic rings. The molecule has 0 bridgehead atoms. The van der Waals surface area contributed by atoms with E-state index in [0.717, 1.165) is 0 Å². The minimum absolute atomic E-state index is 0.226. The molecule has 1 aliphatic heterocycles. The van der Waals surface area contributed by atoms with Gasteiger partial charge in [-0.05, 0) is 19.9 Å². The summed E-state index contributed by atoms with van der Waals surface area (Å²) in [6.07, 6.45) is 1.08. The molecule has 0 aromatic carbocycles. The smallest absolute Gasteiger partial charge is 0.253 e. The van der Waals surface area contributed by atoms with Crippen LogP contribution in [0.1, 0.15) is 34.6 Å². The Morgan fingerprint density at radius 2 is 2.11 bits per heavy atom. The lowest BCUT2D eigenvalue weighted by molar-refractivity contribution is -0.0605. The number of aliphatic hydroxyl groups is 1. The van der Waals surface area contributed by atoms with E-state index in [2.05, 4.69) is 15.5 Å². The van der Waals surface area contributed by atoms with Crippen LogP contribution in [0.25, 0.3) is 0 Å². The molecule has 0 unspecified atom stereocenters. The number of carbonyl (C=O) groups is 1. The van der Waals surface area contributed by atoms with Crippen molar-refractivity contribution < 1.29 is 14.6 Å². The zero-order valence-electron chi connectivity index (χ0n) is 11.3. The molecule has 104 valence electrons. The number of aromatic nitrogens is 2. The van der Waals surface area contributed by atoms with Crippen molar-refractivity contribution in [2.75, 3.05) is 19.8 Å². The summed E-state index contributed by atoms with van der Waals surface area (Å²) in [5.74, 6) is -0.226. The molecule has 1 fully saturated rings. The van der Waals surface area contributed by atoms with Gasteiger partial charge in [0.1, 0.15) is 0 Å². The van der Waals surface area contributed by atoms with Crippen molar-refractivity contribution >= 4 is 5.91 Å². The van der Waals surface area contributed by atoms with E-state index in [4.69, 9.17) is 4.74 Å². The first kappa shape index (κ1) is 13.9. The quantitative estimate of drug-likeness (QED) is 0.824. The molecule has 0 spiro atoms. The third kappa shape index (κ3) is 3.48. The van der Waals surface area contributed by atoms with Gasteiger partial charge in [-0.1, -0.05) is 0 Å². The van der Waals surface area contributed by atoms with Crippen LogP contribution >= 0.6 is 0 Å². The highest BCUT2D eigenvalue weighted by Gasteiger charge is 2.30. The predicted molar refractivity (Wildman–Crippen MR) is 68.8 cm³/mol. The maximum Gasteiger partial charge on any atom is 0.253 e. The van der Waals surface area contributed by atoms with Gasteiger partial charge in [0, 0.05) is 32.6 Å². The molecule has 1 saturated heterocycles. The van der Waals surface area contributed by atoms with Gasteiger partial charge in [-0.3, -0.25) is 4.79 Å². The van der Waals surface area contributed by atoms with E-state index in [-0.39, 0.29) is 12.5 Å². The van der Waals surface area contributed by atoms with Crippen molar-refractivity contribution in [3.05, 3.63) is 23.0 Å². The fourth-order valence-corrected chi connectivity index (χ4v) is 2.05. The fraction of sp³-hybridized carbons (Fsp3) is 0.615. The van der Waals surface area contributed by atoms with E-state index in [1.165, 1.54) is 0 Å². The van der Waals surface area contributed by atoms with E-state index in [1.807, 2.05) is 0 Å². The number of hydrogen-bond donors (Lipinski definition) is 2. The van der Waals surface area contributed by atoms with E-state index < -0.39 is 5.60 Å². The Balaban J connectivity index is 1.99. The highest BCUT2D eigenvalue weighted by molar-refractivity contribution is 5.95. The Labute approximate surface area is 112 Å². The van der Waals surface area contributed by atoms with Crippen LogP contribution in [0.2, 0.25) is 0 Å². The SMILES string of the molecule is Cc1cc(C(=O)NCC2(O)CCOCC2)c(C)nn1. The standard InChI is InChI=1S/C13H19N3O3/c1-9-7-11(10(2)16-15-9)12(17)14-8-13(18)3-5-19-6-4-13/h7,18H,3-6,8H2,1-2H3,(H,14,17). The minimum atomic E-state index is -0.864. The summed E-state index contributed by atoms with van der Waals surface area (Å²) in [6.45, 7) is 4.82. The first-order valence-corrected chi connectivity index (χ1v) is 6.39. The molecule has 2 heterocycles. The molecule has 0 atom stereocenters. The van der Waals surface area contributed by atoms with Crippen molar-refractivity contribution in [2.45, 2.75) is 32.3 Å². The van der Waals surface area contributed by atoms with Crippen LogP contribution < -0.4 is 5.32 Å². The van der Waals surface area contributed by atoms with Crippen LogP contribution in [0.4, 0.5) is 0 Å². The predicted octanol–water partition coefficient (Wildman–Crippen LogP) is 0.365. The average molecular weight is 265 g/mol. The minimum Gasteiger partial charge on any atom is -0.388 e. The van der Waals surface area contributed by atoms with Crippen molar-refractivity contribution in [2.24, 2.45) is 0 Å². The van der Waals surface area contributed by atoms with Gasteiger partial charge in [0.15, 0.2) is 0 Å². The Kier molecular flexibility index (Phi) is 4.11. The van der Waals surface area contributed by atoms with E-state index in [0.29, 0.717) is 43.0 Å². The van der Waals surface area contributed by atoms with E-state index in [9.17, 15) is 9.90 Å². The number of nitrogens with one attached hydrogen (secondary N) is 1. The first-order valence-electron chi connectivity index (χ1n) is 6.39. The molecular formula is C13H19N3O3. The molecule has 2 N–H and O–H groups in total. The lowest BCUT2D eigenvalue weighted by Crippen LogP contribution is -2.46. The maximum atomic E-state index is 12.1. The molecule has 1 aromatic heterocycles. The third-order valence-corrected chi connectivity index (χ3v) is 3.35. The largest absolute Gasteiger partial charge is 0.388 e. The Hall–Kier alpha value is -1.53. The second-order valence-corrected chi connectivity index (χ2v) is 5.00. The summed E-state index contributed by atoms with van der Waals surface area (Å²) in [5, 5.41) is 20.8. The fourth-order valence-electron chi connectivity index (χ4n) is 2.05. The number of ether oxygens (including phenoxy) is 1. The van der Waals surface area contributed by atoms with Gasteiger partial charge in [-0.2, -0.15) is 10.2 Å². The molecule has 0 aliphatic carbocycles. The van der Waals surface area contributed by atoms with Crippen molar-refractivity contribution in [3.8, 4) is 0 Å². The van der Waals surface area contributed by atoms with Crippen molar-refractivity contribution in [1.29, 1.82) is 0 Å². The second kappa shape index (κ2) is 5.63. The average Bonchev–Trinajstić information content (AvgIpc) is 2.40. The highest BCUT2D eigenvalue weighted by atomic mass is 16.5. The van der Waals surface area contributed by atoms with Gasteiger partial charge in [-0.25, -0.2) is 0 Å². The molecule has 6 nitrogen and oxygen atoms in total. The molecule has 1 aromatic rings. The zero-order valence-corrected chi connectivity index (χ0v) is 11.3. The van der Waals surface area contributed by atoms with Crippen LogP contribution in [0.5, 0.6) is 0 Å². The Morgan fingerprint density at radius 3 is 2.79 bits per heavy atom. The van der Waals surface area contributed by atoms with Gasteiger partial charge < -0.3 is 15.2 Å². The second-order valence-electron chi connectivity index (χ2n) is 5.00. The van der Waals surface area contributed by atoms with Crippen molar-refractivity contribution in [3.63, 3.8) is 0 Å². The molecule has 0 saturated carbocycles. The van der Waals surface area contributed by atoms with Gasteiger partial charge in [0.25, 0.3) is 5.91 Å². The Morgan fingerprint density at radius 1 is 1.42 bits per heavy atom. The monoisotopic (exact) mass is 265 g/mol. The van der Waals surface area contributed by atoms with Gasteiger partial charge in [0.2, 0.25) is 0 Å². The van der Waals surface area contributed by atoms with Crippen LogP contribution in [-0.4, -0.2) is 46.6 Å². The number of aryl methyl sites for hydroxylation is 2. The molecule has 19 heavy (non-hydrogen) atoms. The van der Waals surface area contributed by atoms with Crippen LogP contribution in [0, 0.1) is 13.8 Å². The number of nitrogens with zero attached hydrogens (tertiary/aromatic N) is 2. The molecule has 0 radical (unpaired) electrons. The maximum absolute atomic E-state index is 12.1. The number of carbonyl (C=O) groups excluding carboxylic acids is 1. The molecule has 1 amide bonds. The topological polar surface area (TPSA) is 84.3 Å².